The van der Waals surface area contributed by atoms with Crippen molar-refractivity contribution in [3.05, 3.63) is 111 Å². The molecule has 1 unspecified atom stereocenters. The van der Waals surface area contributed by atoms with Crippen LogP contribution in [0.2, 0.25) is 0 Å². The summed E-state index contributed by atoms with van der Waals surface area (Å²) in [7, 11) is 1.49. The molecule has 39 heavy (non-hydrogen) atoms. The van der Waals surface area contributed by atoms with E-state index in [1.807, 2.05) is 0 Å². The van der Waals surface area contributed by atoms with E-state index in [4.69, 9.17) is 4.74 Å². The van der Waals surface area contributed by atoms with Gasteiger partial charge in [0.25, 0.3) is 11.8 Å². The van der Waals surface area contributed by atoms with Crippen molar-refractivity contribution >= 4 is 44.9 Å². The lowest BCUT2D eigenvalue weighted by molar-refractivity contribution is -0.113. The summed E-state index contributed by atoms with van der Waals surface area (Å²) >= 11 is 3.38. The Kier molecular flexibility index (Phi) is 7.16. The summed E-state index contributed by atoms with van der Waals surface area (Å²) in [6, 6.07) is 15.6. The number of carbonyl (C=O) groups is 2. The Labute approximate surface area is 230 Å². The van der Waals surface area contributed by atoms with Crippen molar-refractivity contribution in [1.82, 2.24) is 9.78 Å². The smallest absolute Gasteiger partial charge is 0.261 e. The number of hydrogen-bond acceptors (Lipinski definition) is 5. The third kappa shape index (κ3) is 5.13. The van der Waals surface area contributed by atoms with Crippen molar-refractivity contribution < 1.29 is 23.1 Å². The topological polar surface area (TPSA) is 97.3 Å². The second-order valence-corrected chi connectivity index (χ2v) is 9.61. The Morgan fingerprint density at radius 1 is 1.03 bits per heavy atom. The molecule has 2 heterocycles. The average Bonchev–Trinajstić information content (AvgIpc) is 3.34. The van der Waals surface area contributed by atoms with Gasteiger partial charge in [0.1, 0.15) is 34.8 Å². The Balaban J connectivity index is 1.57. The van der Waals surface area contributed by atoms with Gasteiger partial charge in [0.05, 0.1) is 24.6 Å². The van der Waals surface area contributed by atoms with E-state index >= 15 is 4.39 Å². The summed E-state index contributed by atoms with van der Waals surface area (Å²) in [5.74, 6) is -1.29. The van der Waals surface area contributed by atoms with Gasteiger partial charge < -0.3 is 20.7 Å². The molecule has 2 amide bonds. The van der Waals surface area contributed by atoms with Crippen molar-refractivity contribution in [2.75, 3.05) is 23.1 Å². The van der Waals surface area contributed by atoms with Crippen LogP contribution >= 0.6 is 15.9 Å². The summed E-state index contributed by atoms with van der Waals surface area (Å²) in [6.45, 7) is 1.66. The minimum absolute atomic E-state index is 0.156. The fourth-order valence-corrected chi connectivity index (χ4v) is 4.77. The first kappa shape index (κ1) is 26.1. The van der Waals surface area contributed by atoms with Crippen LogP contribution in [0, 0.1) is 11.6 Å². The van der Waals surface area contributed by atoms with E-state index in [-0.39, 0.29) is 22.5 Å². The number of amides is 2. The molecule has 1 aliphatic rings. The minimum Gasteiger partial charge on any atom is -0.495 e. The van der Waals surface area contributed by atoms with Crippen molar-refractivity contribution in [1.29, 1.82) is 0 Å². The number of carbonyl (C=O) groups excluding carboxylic acids is 2. The molecule has 3 N–H and O–H groups in total. The van der Waals surface area contributed by atoms with E-state index in [0.717, 1.165) is 0 Å². The predicted octanol–water partition coefficient (Wildman–Crippen LogP) is 6.11. The molecule has 1 aliphatic heterocycles. The molecule has 198 valence electrons. The summed E-state index contributed by atoms with van der Waals surface area (Å²) in [5.41, 5.74) is 1.74. The summed E-state index contributed by atoms with van der Waals surface area (Å²) < 4.78 is 35.9. The molecule has 0 spiro atoms. The maximum atomic E-state index is 15.3. The highest BCUT2D eigenvalue weighted by atomic mass is 79.9. The van der Waals surface area contributed by atoms with Crippen LogP contribution in [0.5, 0.6) is 5.75 Å². The Hall–Kier alpha value is -4.51. The lowest BCUT2D eigenvalue weighted by Gasteiger charge is -2.30. The van der Waals surface area contributed by atoms with Crippen molar-refractivity contribution in [3.8, 4) is 5.75 Å². The summed E-state index contributed by atoms with van der Waals surface area (Å²) in [5, 5.41) is 13.0. The lowest BCUT2D eigenvalue weighted by atomic mass is 9.94. The monoisotopic (exact) mass is 593 g/mol. The SMILES string of the molecule is COc1ccccc1NC(=O)C1=C(C)Nc2c(C(=O)Nc3ccc(F)cc3)cnn2C1c1cc(Br)ccc1F. The van der Waals surface area contributed by atoms with Crippen molar-refractivity contribution in [2.24, 2.45) is 0 Å². The Morgan fingerprint density at radius 2 is 1.77 bits per heavy atom. The minimum atomic E-state index is -1.01. The first-order valence-corrected chi connectivity index (χ1v) is 12.6. The second-order valence-electron chi connectivity index (χ2n) is 8.70. The number of nitrogens with zero attached hydrogens (tertiary/aromatic N) is 2. The van der Waals surface area contributed by atoms with E-state index in [1.165, 1.54) is 48.3 Å². The van der Waals surface area contributed by atoms with Crippen molar-refractivity contribution in [2.45, 2.75) is 13.0 Å². The molecular weight excluding hydrogens is 572 g/mol. The quantitative estimate of drug-likeness (QED) is 0.250. The standard InChI is InChI=1S/C28H22BrF2N5O3/c1-15-24(28(38)35-22-5-3-4-6-23(22)39-2)25(19-13-16(29)7-12-21(19)31)36-26(33-15)20(14-32-36)27(37)34-18-10-8-17(30)9-11-18/h3-14,25,33H,1-2H3,(H,34,37)(H,35,38). The normalized spacial score (nSPS) is 14.3. The number of rotatable bonds is 6. The van der Waals surface area contributed by atoms with Crippen LogP contribution in [0.1, 0.15) is 28.9 Å². The third-order valence-electron chi connectivity index (χ3n) is 6.22. The fourth-order valence-electron chi connectivity index (χ4n) is 4.40. The molecule has 11 heteroatoms. The number of methoxy groups -OCH3 is 1. The van der Waals surface area contributed by atoms with Crippen molar-refractivity contribution in [3.63, 3.8) is 0 Å². The number of fused-ring (bicyclic) bond motifs is 1. The lowest BCUT2D eigenvalue weighted by Crippen LogP contribution is -2.32. The number of ether oxygens (including phenoxy) is 1. The Morgan fingerprint density at radius 3 is 2.51 bits per heavy atom. The highest BCUT2D eigenvalue weighted by Gasteiger charge is 2.37. The molecule has 0 aliphatic carbocycles. The van der Waals surface area contributed by atoms with Gasteiger partial charge in [-0.15, -0.1) is 0 Å². The van der Waals surface area contributed by atoms with Gasteiger partial charge in [0.15, 0.2) is 0 Å². The van der Waals surface area contributed by atoms with Gasteiger partial charge in [-0.2, -0.15) is 5.10 Å². The maximum Gasteiger partial charge on any atom is 0.261 e. The third-order valence-corrected chi connectivity index (χ3v) is 6.72. The zero-order valence-electron chi connectivity index (χ0n) is 20.8. The van der Waals surface area contributed by atoms with Crippen LogP contribution in [-0.2, 0) is 4.79 Å². The van der Waals surface area contributed by atoms with Crippen LogP contribution in [0.25, 0.3) is 0 Å². The van der Waals surface area contributed by atoms with E-state index in [1.54, 1.807) is 43.3 Å². The highest BCUT2D eigenvalue weighted by Crippen LogP contribution is 2.40. The fraction of sp³-hybridized carbons (Fsp3) is 0.107. The molecule has 0 saturated carbocycles. The summed E-state index contributed by atoms with van der Waals surface area (Å²) in [4.78, 5) is 26.8. The van der Waals surface area contributed by atoms with Gasteiger partial charge in [-0.25, -0.2) is 13.5 Å². The van der Waals surface area contributed by atoms with Crippen LogP contribution in [0.15, 0.2) is 88.7 Å². The van der Waals surface area contributed by atoms with Gasteiger partial charge in [-0.05, 0) is 61.5 Å². The zero-order valence-corrected chi connectivity index (χ0v) is 22.3. The Bertz CT molecular complexity index is 1620. The average molecular weight is 594 g/mol. The van der Waals surface area contributed by atoms with E-state index in [2.05, 4.69) is 37.0 Å². The second kappa shape index (κ2) is 10.7. The summed E-state index contributed by atoms with van der Waals surface area (Å²) in [6.07, 6.45) is 1.33. The molecular formula is C28H22BrF2N5O3. The molecule has 5 rings (SSSR count). The number of benzene rings is 3. The molecule has 0 bridgehead atoms. The first-order valence-electron chi connectivity index (χ1n) is 11.8. The van der Waals surface area contributed by atoms with Crippen LogP contribution in [0.3, 0.4) is 0 Å². The first-order chi connectivity index (χ1) is 18.8. The molecule has 0 fully saturated rings. The number of hydrogen-bond donors (Lipinski definition) is 3. The van der Waals surface area contributed by atoms with Gasteiger partial charge in [-0.3, -0.25) is 9.59 Å². The van der Waals surface area contributed by atoms with Gasteiger partial charge >= 0.3 is 0 Å². The molecule has 1 aromatic heterocycles. The highest BCUT2D eigenvalue weighted by molar-refractivity contribution is 9.10. The number of nitrogens with one attached hydrogen (secondary N) is 3. The predicted molar refractivity (Wildman–Crippen MR) is 147 cm³/mol. The number of aromatic nitrogens is 2. The van der Waals surface area contributed by atoms with Gasteiger partial charge in [0.2, 0.25) is 0 Å². The molecule has 3 aromatic carbocycles. The number of allylic oxidation sites excluding steroid dienone is 1. The molecule has 0 radical (unpaired) electrons. The molecule has 1 atom stereocenters. The molecule has 8 nitrogen and oxygen atoms in total. The van der Waals surface area contributed by atoms with E-state index < -0.39 is 29.5 Å². The van der Waals surface area contributed by atoms with Gasteiger partial charge in [-0.1, -0.05) is 28.1 Å². The van der Waals surface area contributed by atoms with Gasteiger partial charge in [0, 0.05) is 21.4 Å². The molecule has 0 saturated heterocycles. The van der Waals surface area contributed by atoms with Crippen LogP contribution in [0.4, 0.5) is 26.0 Å². The maximum absolute atomic E-state index is 15.3. The largest absolute Gasteiger partial charge is 0.495 e. The zero-order chi connectivity index (χ0) is 27.7. The number of para-hydroxylation sites is 2. The van der Waals surface area contributed by atoms with Crippen LogP contribution < -0.4 is 20.7 Å². The number of halogens is 3. The van der Waals surface area contributed by atoms with E-state index in [0.29, 0.717) is 27.3 Å². The van der Waals surface area contributed by atoms with E-state index in [9.17, 15) is 14.0 Å². The van der Waals surface area contributed by atoms with Crippen LogP contribution in [-0.4, -0.2) is 28.7 Å². The molecule has 4 aromatic rings. The number of anilines is 3.